The molecule has 1 aliphatic rings. The third-order valence-corrected chi connectivity index (χ3v) is 4.85. The fraction of sp³-hybridized carbons (Fsp3) is 0.200. The standard InChI is InChI=1S/C20H17ClN2O2/c1-12-7-14-10-23(11-15(14)9-22-12)20(24)17-8-19(25-13(17)2)16-5-3-4-6-18(16)21/h3-9H,10-11H2,1-2H3. The van der Waals surface area contributed by atoms with Crippen LogP contribution in [0.5, 0.6) is 0 Å². The molecule has 0 saturated heterocycles. The number of nitrogens with zero attached hydrogens (tertiary/aromatic N) is 2. The molecule has 0 bridgehead atoms. The highest BCUT2D eigenvalue weighted by atomic mass is 35.5. The van der Waals surface area contributed by atoms with Crippen LogP contribution >= 0.6 is 11.6 Å². The number of aryl methyl sites for hydroxylation is 2. The molecule has 5 heteroatoms. The Morgan fingerprint density at radius 2 is 1.92 bits per heavy atom. The lowest BCUT2D eigenvalue weighted by Crippen LogP contribution is -2.25. The van der Waals surface area contributed by atoms with Crippen molar-refractivity contribution in [3.63, 3.8) is 0 Å². The first-order valence-corrected chi connectivity index (χ1v) is 8.50. The summed E-state index contributed by atoms with van der Waals surface area (Å²) < 4.78 is 5.81. The van der Waals surface area contributed by atoms with Crippen LogP contribution in [0.1, 0.15) is 32.9 Å². The number of hydrogen-bond donors (Lipinski definition) is 0. The Labute approximate surface area is 151 Å². The van der Waals surface area contributed by atoms with E-state index in [1.807, 2.05) is 55.3 Å². The van der Waals surface area contributed by atoms with E-state index in [1.165, 1.54) is 0 Å². The number of rotatable bonds is 2. The number of amides is 1. The monoisotopic (exact) mass is 352 g/mol. The second-order valence-corrected chi connectivity index (χ2v) is 6.72. The predicted molar refractivity (Wildman–Crippen MR) is 96.4 cm³/mol. The zero-order chi connectivity index (χ0) is 17.6. The number of fused-ring (bicyclic) bond motifs is 1. The summed E-state index contributed by atoms with van der Waals surface area (Å²) >= 11 is 6.24. The largest absolute Gasteiger partial charge is 0.460 e. The molecule has 2 aromatic heterocycles. The molecule has 25 heavy (non-hydrogen) atoms. The molecule has 4 rings (SSSR count). The van der Waals surface area contributed by atoms with Crippen molar-refractivity contribution in [2.24, 2.45) is 0 Å². The van der Waals surface area contributed by atoms with Gasteiger partial charge in [-0.15, -0.1) is 0 Å². The van der Waals surface area contributed by atoms with Crippen molar-refractivity contribution in [1.82, 2.24) is 9.88 Å². The molecule has 1 amide bonds. The minimum Gasteiger partial charge on any atom is -0.460 e. The van der Waals surface area contributed by atoms with Gasteiger partial charge in [-0.25, -0.2) is 0 Å². The molecule has 3 aromatic rings. The molecular formula is C20H17ClN2O2. The third-order valence-electron chi connectivity index (χ3n) is 4.52. The van der Waals surface area contributed by atoms with Crippen molar-refractivity contribution in [3.05, 3.63) is 75.8 Å². The normalized spacial score (nSPS) is 13.2. The van der Waals surface area contributed by atoms with Crippen molar-refractivity contribution in [2.45, 2.75) is 26.9 Å². The SMILES string of the molecule is Cc1cc2c(cn1)CN(C(=O)c1cc(-c3ccccc3Cl)oc1C)C2. The smallest absolute Gasteiger partial charge is 0.258 e. The summed E-state index contributed by atoms with van der Waals surface area (Å²) in [4.78, 5) is 19.1. The molecule has 0 radical (unpaired) electrons. The molecule has 3 heterocycles. The first-order chi connectivity index (χ1) is 12.0. The van der Waals surface area contributed by atoms with Crippen LogP contribution in [0.25, 0.3) is 11.3 Å². The lowest BCUT2D eigenvalue weighted by atomic mass is 10.1. The molecular weight excluding hydrogens is 336 g/mol. The Hall–Kier alpha value is -2.59. The average molecular weight is 353 g/mol. The maximum atomic E-state index is 13.0. The molecule has 0 spiro atoms. The summed E-state index contributed by atoms with van der Waals surface area (Å²) in [6.07, 6.45) is 1.86. The minimum absolute atomic E-state index is 0.0339. The van der Waals surface area contributed by atoms with Gasteiger partial charge in [0, 0.05) is 30.5 Å². The molecule has 1 aromatic carbocycles. The lowest BCUT2D eigenvalue weighted by Gasteiger charge is -2.14. The summed E-state index contributed by atoms with van der Waals surface area (Å²) in [5.41, 5.74) is 4.59. The van der Waals surface area contributed by atoms with Crippen LogP contribution in [0.3, 0.4) is 0 Å². The van der Waals surface area contributed by atoms with Gasteiger partial charge < -0.3 is 9.32 Å². The molecule has 1 aliphatic heterocycles. The van der Waals surface area contributed by atoms with E-state index in [-0.39, 0.29) is 5.91 Å². The van der Waals surface area contributed by atoms with Gasteiger partial charge in [0.25, 0.3) is 5.91 Å². The van der Waals surface area contributed by atoms with Gasteiger partial charge in [0.2, 0.25) is 0 Å². The number of carbonyl (C=O) groups excluding carboxylic acids is 1. The fourth-order valence-corrected chi connectivity index (χ4v) is 3.43. The van der Waals surface area contributed by atoms with Gasteiger partial charge in [-0.3, -0.25) is 9.78 Å². The molecule has 4 nitrogen and oxygen atoms in total. The summed E-state index contributed by atoms with van der Waals surface area (Å²) in [5.74, 6) is 1.18. The highest BCUT2D eigenvalue weighted by Gasteiger charge is 2.27. The Kier molecular flexibility index (Phi) is 3.85. The van der Waals surface area contributed by atoms with Crippen LogP contribution in [0.4, 0.5) is 0 Å². The number of pyridine rings is 1. The number of furan rings is 1. The van der Waals surface area contributed by atoms with Crippen molar-refractivity contribution < 1.29 is 9.21 Å². The zero-order valence-electron chi connectivity index (χ0n) is 14.0. The Morgan fingerprint density at radius 1 is 1.16 bits per heavy atom. The first kappa shape index (κ1) is 15.9. The third kappa shape index (κ3) is 2.83. The van der Waals surface area contributed by atoms with Crippen molar-refractivity contribution >= 4 is 17.5 Å². The topological polar surface area (TPSA) is 46.3 Å². The highest BCUT2D eigenvalue weighted by molar-refractivity contribution is 6.33. The number of hydrogen-bond acceptors (Lipinski definition) is 3. The van der Waals surface area contributed by atoms with Crippen LogP contribution in [-0.4, -0.2) is 15.8 Å². The van der Waals surface area contributed by atoms with Gasteiger partial charge in [0.15, 0.2) is 0 Å². The predicted octanol–water partition coefficient (Wildman–Crippen LogP) is 4.77. The average Bonchev–Trinajstić information content (AvgIpc) is 3.18. The molecule has 0 unspecified atom stereocenters. The summed E-state index contributed by atoms with van der Waals surface area (Å²) in [6, 6.07) is 11.3. The molecule has 0 atom stereocenters. The van der Waals surface area contributed by atoms with E-state index >= 15 is 0 Å². The van der Waals surface area contributed by atoms with Crippen molar-refractivity contribution in [3.8, 4) is 11.3 Å². The van der Waals surface area contributed by atoms with Crippen molar-refractivity contribution in [2.75, 3.05) is 0 Å². The maximum absolute atomic E-state index is 13.0. The molecule has 0 aliphatic carbocycles. The van der Waals surface area contributed by atoms with Gasteiger partial charge >= 0.3 is 0 Å². The number of halogens is 1. The van der Waals surface area contributed by atoms with E-state index in [9.17, 15) is 4.79 Å². The van der Waals surface area contributed by atoms with E-state index in [1.54, 1.807) is 6.07 Å². The lowest BCUT2D eigenvalue weighted by molar-refractivity contribution is 0.0749. The molecule has 0 fully saturated rings. The quantitative estimate of drug-likeness (QED) is 0.667. The van der Waals surface area contributed by atoms with Crippen LogP contribution < -0.4 is 0 Å². The molecule has 0 N–H and O–H groups in total. The highest BCUT2D eigenvalue weighted by Crippen LogP contribution is 2.32. The summed E-state index contributed by atoms with van der Waals surface area (Å²) in [5, 5.41) is 0.602. The fourth-order valence-electron chi connectivity index (χ4n) is 3.20. The second-order valence-electron chi connectivity index (χ2n) is 6.32. The van der Waals surface area contributed by atoms with E-state index in [2.05, 4.69) is 4.98 Å². The Morgan fingerprint density at radius 3 is 2.72 bits per heavy atom. The van der Waals surface area contributed by atoms with Crippen LogP contribution in [0, 0.1) is 13.8 Å². The van der Waals surface area contributed by atoms with Gasteiger partial charge in [0.05, 0.1) is 10.6 Å². The molecule has 0 saturated carbocycles. The number of aromatic nitrogens is 1. The van der Waals surface area contributed by atoms with Crippen molar-refractivity contribution in [1.29, 1.82) is 0 Å². The second kappa shape index (κ2) is 6.05. The first-order valence-electron chi connectivity index (χ1n) is 8.12. The minimum atomic E-state index is -0.0339. The Bertz CT molecular complexity index is 978. The Balaban J connectivity index is 1.63. The van der Waals surface area contributed by atoms with Crippen LogP contribution in [-0.2, 0) is 13.1 Å². The van der Waals surface area contributed by atoms with Crippen LogP contribution in [0.2, 0.25) is 5.02 Å². The van der Waals surface area contributed by atoms with Crippen LogP contribution in [0.15, 0.2) is 47.0 Å². The molecule has 126 valence electrons. The van der Waals surface area contributed by atoms with E-state index in [4.69, 9.17) is 16.0 Å². The van der Waals surface area contributed by atoms with Gasteiger partial charge in [-0.1, -0.05) is 23.7 Å². The van der Waals surface area contributed by atoms with E-state index in [0.29, 0.717) is 35.2 Å². The zero-order valence-corrected chi connectivity index (χ0v) is 14.8. The number of carbonyl (C=O) groups is 1. The van der Waals surface area contributed by atoms with Gasteiger partial charge in [0.1, 0.15) is 11.5 Å². The summed E-state index contributed by atoms with van der Waals surface area (Å²) in [6.45, 7) is 4.94. The number of benzene rings is 1. The van der Waals surface area contributed by atoms with Gasteiger partial charge in [-0.05, 0) is 49.2 Å². The maximum Gasteiger partial charge on any atom is 0.258 e. The van der Waals surface area contributed by atoms with E-state index in [0.717, 1.165) is 22.4 Å². The van der Waals surface area contributed by atoms with Gasteiger partial charge in [-0.2, -0.15) is 0 Å². The van der Waals surface area contributed by atoms with E-state index < -0.39 is 0 Å². The summed E-state index contributed by atoms with van der Waals surface area (Å²) in [7, 11) is 0.